The maximum Gasteiger partial charge on any atom is 0.326 e. The molecule has 0 saturated carbocycles. The zero-order chi connectivity index (χ0) is 20.0. The van der Waals surface area contributed by atoms with Gasteiger partial charge in [-0.15, -0.1) is 0 Å². The minimum absolute atomic E-state index is 0.0897. The number of ether oxygens (including phenoxy) is 2. The van der Waals surface area contributed by atoms with Gasteiger partial charge in [-0.05, 0) is 19.1 Å². The maximum absolute atomic E-state index is 12.2. The Morgan fingerprint density at radius 3 is 2.67 bits per heavy atom. The van der Waals surface area contributed by atoms with Gasteiger partial charge < -0.3 is 19.4 Å². The molecule has 2 aromatic rings. The second-order valence-electron chi connectivity index (χ2n) is 5.43. The van der Waals surface area contributed by atoms with Crippen molar-refractivity contribution in [2.45, 2.75) is 19.6 Å². The number of anilines is 1. The fraction of sp³-hybridized carbons (Fsp3) is 0.235. The lowest BCUT2D eigenvalue weighted by Crippen LogP contribution is -2.32. The lowest BCUT2D eigenvalue weighted by Gasteiger charge is -2.15. The first-order valence-corrected chi connectivity index (χ1v) is 7.80. The third-order valence-corrected chi connectivity index (χ3v) is 3.53. The van der Waals surface area contributed by atoms with E-state index in [1.54, 1.807) is 6.07 Å². The number of aromatic nitrogens is 1. The second-order valence-corrected chi connectivity index (χ2v) is 5.43. The van der Waals surface area contributed by atoms with E-state index in [9.17, 15) is 24.5 Å². The first-order valence-electron chi connectivity index (χ1n) is 7.80. The van der Waals surface area contributed by atoms with E-state index in [1.165, 1.54) is 44.5 Å². The molecule has 1 amide bonds. The van der Waals surface area contributed by atoms with Crippen LogP contribution in [0.4, 0.5) is 11.4 Å². The number of rotatable bonds is 7. The molecule has 2 rings (SSSR count). The molecule has 142 valence electrons. The maximum atomic E-state index is 12.2. The Kier molecular flexibility index (Phi) is 6.26. The number of non-ortho nitro benzene ring substituents is 1. The SMILES string of the molecule is COc1cc([N+](=O)[O-])ccc1NC(=O)[C@H](C)OC(=O)Cn1ccccc1=O. The Bertz CT molecular complexity index is 923. The van der Waals surface area contributed by atoms with Gasteiger partial charge in [0.05, 0.1) is 23.8 Å². The number of nitrogens with zero attached hydrogens (tertiary/aromatic N) is 2. The fourth-order valence-corrected chi connectivity index (χ4v) is 2.15. The van der Waals surface area contributed by atoms with Crippen LogP contribution < -0.4 is 15.6 Å². The number of esters is 1. The van der Waals surface area contributed by atoms with Crippen LogP contribution in [0.2, 0.25) is 0 Å². The Morgan fingerprint density at radius 2 is 2.04 bits per heavy atom. The number of pyridine rings is 1. The third-order valence-electron chi connectivity index (χ3n) is 3.53. The van der Waals surface area contributed by atoms with Crippen molar-refractivity contribution in [2.24, 2.45) is 0 Å². The lowest BCUT2D eigenvalue weighted by molar-refractivity contribution is -0.384. The van der Waals surface area contributed by atoms with Crippen LogP contribution in [0.5, 0.6) is 5.75 Å². The molecule has 0 bridgehead atoms. The summed E-state index contributed by atoms with van der Waals surface area (Å²) < 4.78 is 11.2. The van der Waals surface area contributed by atoms with Crippen LogP contribution in [0, 0.1) is 10.1 Å². The summed E-state index contributed by atoms with van der Waals surface area (Å²) in [4.78, 5) is 45.9. The number of carbonyl (C=O) groups excluding carboxylic acids is 2. The van der Waals surface area contributed by atoms with Gasteiger partial charge in [0.15, 0.2) is 6.10 Å². The Hall–Kier alpha value is -3.69. The van der Waals surface area contributed by atoms with Crippen LogP contribution in [-0.4, -0.2) is 34.6 Å². The van der Waals surface area contributed by atoms with Gasteiger partial charge in [0.1, 0.15) is 12.3 Å². The van der Waals surface area contributed by atoms with Crippen molar-refractivity contribution in [3.63, 3.8) is 0 Å². The monoisotopic (exact) mass is 375 g/mol. The summed E-state index contributed by atoms with van der Waals surface area (Å²) in [5, 5.41) is 13.3. The highest BCUT2D eigenvalue weighted by atomic mass is 16.6. The molecule has 10 nitrogen and oxygen atoms in total. The zero-order valence-corrected chi connectivity index (χ0v) is 14.6. The first kappa shape index (κ1) is 19.6. The van der Waals surface area contributed by atoms with E-state index in [1.807, 2.05) is 0 Å². The van der Waals surface area contributed by atoms with E-state index in [0.29, 0.717) is 0 Å². The number of amides is 1. The van der Waals surface area contributed by atoms with Crippen LogP contribution in [0.1, 0.15) is 6.92 Å². The number of hydrogen-bond donors (Lipinski definition) is 1. The number of methoxy groups -OCH3 is 1. The van der Waals surface area contributed by atoms with Crippen LogP contribution in [0.3, 0.4) is 0 Å². The van der Waals surface area contributed by atoms with E-state index < -0.39 is 22.9 Å². The van der Waals surface area contributed by atoms with Crippen molar-refractivity contribution in [1.82, 2.24) is 4.57 Å². The Labute approximate surface area is 153 Å². The van der Waals surface area contributed by atoms with Gasteiger partial charge in [0.2, 0.25) is 0 Å². The molecule has 1 N–H and O–H groups in total. The number of nitro groups is 1. The van der Waals surface area contributed by atoms with Gasteiger partial charge in [0, 0.05) is 18.3 Å². The Morgan fingerprint density at radius 1 is 1.30 bits per heavy atom. The predicted octanol–water partition coefficient (Wildman–Crippen LogP) is 1.34. The van der Waals surface area contributed by atoms with Crippen LogP contribution in [-0.2, 0) is 20.9 Å². The average molecular weight is 375 g/mol. The molecule has 0 fully saturated rings. The van der Waals surface area contributed by atoms with Crippen molar-refractivity contribution in [1.29, 1.82) is 0 Å². The molecule has 1 atom stereocenters. The summed E-state index contributed by atoms with van der Waals surface area (Å²) in [5.41, 5.74) is -0.380. The predicted molar refractivity (Wildman–Crippen MR) is 94.5 cm³/mol. The summed E-state index contributed by atoms with van der Waals surface area (Å²) in [6.07, 6.45) is 0.271. The summed E-state index contributed by atoms with van der Waals surface area (Å²) >= 11 is 0. The molecule has 1 aromatic heterocycles. The summed E-state index contributed by atoms with van der Waals surface area (Å²) in [5.74, 6) is -1.33. The number of benzene rings is 1. The number of carbonyl (C=O) groups is 2. The van der Waals surface area contributed by atoms with Crippen molar-refractivity contribution < 1.29 is 24.0 Å². The van der Waals surface area contributed by atoms with Crippen molar-refractivity contribution in [3.05, 3.63) is 63.1 Å². The van der Waals surface area contributed by atoms with Gasteiger partial charge in [-0.3, -0.25) is 24.5 Å². The zero-order valence-electron chi connectivity index (χ0n) is 14.6. The van der Waals surface area contributed by atoms with Gasteiger partial charge >= 0.3 is 5.97 Å². The molecular formula is C17H17N3O7. The molecule has 0 aliphatic heterocycles. The third kappa shape index (κ3) is 5.14. The molecule has 0 saturated heterocycles. The number of nitrogens with one attached hydrogen (secondary N) is 1. The minimum atomic E-state index is -1.16. The van der Waals surface area contributed by atoms with Crippen LogP contribution >= 0.6 is 0 Å². The molecule has 0 aliphatic rings. The standard InChI is InChI=1S/C17H17N3O7/c1-11(27-16(22)10-19-8-4-3-5-15(19)21)17(23)18-13-7-6-12(20(24)25)9-14(13)26-2/h3-9,11H,10H2,1-2H3,(H,18,23)/t11-/m0/s1. The number of hydrogen-bond acceptors (Lipinski definition) is 7. The minimum Gasteiger partial charge on any atom is -0.494 e. The quantitative estimate of drug-likeness (QED) is 0.439. The highest BCUT2D eigenvalue weighted by Crippen LogP contribution is 2.29. The summed E-state index contributed by atoms with van der Waals surface area (Å²) in [6, 6.07) is 8.10. The van der Waals surface area contributed by atoms with Crippen molar-refractivity contribution in [3.8, 4) is 5.75 Å². The molecule has 1 aromatic carbocycles. The molecule has 0 aliphatic carbocycles. The van der Waals surface area contributed by atoms with Crippen LogP contribution in [0.25, 0.3) is 0 Å². The first-order chi connectivity index (χ1) is 12.8. The molecule has 0 spiro atoms. The molecule has 10 heteroatoms. The highest BCUT2D eigenvalue weighted by molar-refractivity contribution is 5.96. The fourth-order valence-electron chi connectivity index (χ4n) is 2.15. The van der Waals surface area contributed by atoms with E-state index in [4.69, 9.17) is 9.47 Å². The molecule has 27 heavy (non-hydrogen) atoms. The van der Waals surface area contributed by atoms with Gasteiger partial charge in [-0.2, -0.15) is 0 Å². The van der Waals surface area contributed by atoms with E-state index in [2.05, 4.69) is 5.32 Å². The Balaban J connectivity index is 2.01. The van der Waals surface area contributed by atoms with Gasteiger partial charge in [-0.25, -0.2) is 0 Å². The largest absolute Gasteiger partial charge is 0.494 e. The van der Waals surface area contributed by atoms with E-state index in [-0.39, 0.29) is 29.2 Å². The van der Waals surface area contributed by atoms with Crippen LogP contribution in [0.15, 0.2) is 47.4 Å². The molecular weight excluding hydrogens is 358 g/mol. The normalized spacial score (nSPS) is 11.3. The molecule has 0 radical (unpaired) electrons. The topological polar surface area (TPSA) is 130 Å². The average Bonchev–Trinajstić information content (AvgIpc) is 2.63. The molecule has 1 heterocycles. The van der Waals surface area contributed by atoms with Gasteiger partial charge in [-0.1, -0.05) is 6.07 Å². The lowest BCUT2D eigenvalue weighted by atomic mass is 10.2. The second kappa shape index (κ2) is 8.61. The van der Waals surface area contributed by atoms with Crippen molar-refractivity contribution >= 4 is 23.3 Å². The summed E-state index contributed by atoms with van der Waals surface area (Å²) in [6.45, 7) is 1.02. The number of nitro benzene ring substituents is 1. The smallest absolute Gasteiger partial charge is 0.326 e. The molecule has 0 unspecified atom stereocenters. The highest BCUT2D eigenvalue weighted by Gasteiger charge is 2.20. The van der Waals surface area contributed by atoms with E-state index >= 15 is 0 Å². The van der Waals surface area contributed by atoms with E-state index in [0.717, 1.165) is 10.6 Å². The summed E-state index contributed by atoms with van der Waals surface area (Å²) in [7, 11) is 1.30. The van der Waals surface area contributed by atoms with Crippen molar-refractivity contribution in [2.75, 3.05) is 12.4 Å². The van der Waals surface area contributed by atoms with Gasteiger partial charge in [0.25, 0.3) is 17.2 Å².